The van der Waals surface area contributed by atoms with E-state index in [9.17, 15) is 18.3 Å². The van der Waals surface area contributed by atoms with Crippen LogP contribution < -0.4 is 5.32 Å². The second kappa shape index (κ2) is 4.69. The molecule has 0 saturated carbocycles. The van der Waals surface area contributed by atoms with Crippen LogP contribution in [0.25, 0.3) is 11.0 Å². The number of hydrogen-bond donors (Lipinski definition) is 3. The predicted molar refractivity (Wildman–Crippen MR) is 63.8 cm³/mol. The molecule has 5 nitrogen and oxygen atoms in total. The average molecular weight is 274 g/mol. The summed E-state index contributed by atoms with van der Waals surface area (Å²) in [6, 6.07) is 1.65. The lowest BCUT2D eigenvalue weighted by atomic mass is 10.3. The van der Waals surface area contributed by atoms with E-state index in [-0.39, 0.29) is 18.0 Å². The highest BCUT2D eigenvalue weighted by Crippen LogP contribution is 2.30. The third-order valence-electron chi connectivity index (χ3n) is 2.44. The van der Waals surface area contributed by atoms with Crippen molar-refractivity contribution in [2.24, 2.45) is 0 Å². The zero-order valence-electron chi connectivity index (χ0n) is 10.3. The van der Waals surface area contributed by atoms with E-state index in [1.165, 1.54) is 6.92 Å². The van der Waals surface area contributed by atoms with Crippen LogP contribution >= 0.6 is 0 Å². The number of aromatic amines is 1. The summed E-state index contributed by atoms with van der Waals surface area (Å²) < 4.78 is 38.1. The van der Waals surface area contributed by atoms with Crippen LogP contribution in [0.3, 0.4) is 0 Å². The molecule has 104 valence electrons. The minimum Gasteiger partial charge on any atom is -0.392 e. The van der Waals surface area contributed by atoms with Crippen molar-refractivity contribution in [1.29, 1.82) is 0 Å². The summed E-state index contributed by atoms with van der Waals surface area (Å²) in [5.74, 6) is -1.16. The van der Waals surface area contributed by atoms with Gasteiger partial charge in [0.05, 0.1) is 11.5 Å². The Morgan fingerprint density at radius 1 is 1.42 bits per heavy atom. The van der Waals surface area contributed by atoms with Gasteiger partial charge in [-0.25, -0.2) is 9.97 Å². The number of fused-ring (bicyclic) bond motifs is 1. The molecule has 1 atom stereocenters. The van der Waals surface area contributed by atoms with E-state index in [4.69, 9.17) is 0 Å². The molecule has 0 aliphatic carbocycles. The molecule has 19 heavy (non-hydrogen) atoms. The normalized spacial score (nSPS) is 13.8. The molecular formula is C11H13F3N4O. The number of aliphatic hydroxyl groups excluding tert-OH is 1. The van der Waals surface area contributed by atoms with E-state index in [0.717, 1.165) is 0 Å². The Balaban J connectivity index is 2.51. The summed E-state index contributed by atoms with van der Waals surface area (Å²) in [5, 5.41) is 12.3. The van der Waals surface area contributed by atoms with Gasteiger partial charge in [-0.05, 0) is 19.9 Å². The molecule has 2 aromatic heterocycles. The highest BCUT2D eigenvalue weighted by atomic mass is 19.4. The van der Waals surface area contributed by atoms with Crippen LogP contribution in [0.1, 0.15) is 18.4 Å². The average Bonchev–Trinajstić information content (AvgIpc) is 2.64. The van der Waals surface area contributed by atoms with Crippen LogP contribution in [0.5, 0.6) is 0 Å². The third-order valence-corrected chi connectivity index (χ3v) is 2.44. The van der Waals surface area contributed by atoms with E-state index in [0.29, 0.717) is 11.1 Å². The van der Waals surface area contributed by atoms with Gasteiger partial charge in [0.25, 0.3) is 0 Å². The van der Waals surface area contributed by atoms with Gasteiger partial charge < -0.3 is 15.4 Å². The number of rotatable bonds is 3. The summed E-state index contributed by atoms with van der Waals surface area (Å²) >= 11 is 0. The molecule has 2 heterocycles. The maximum atomic E-state index is 12.7. The fraction of sp³-hybridized carbons (Fsp3) is 0.455. The van der Waals surface area contributed by atoms with Crippen LogP contribution in [-0.4, -0.2) is 32.7 Å². The second-order valence-electron chi connectivity index (χ2n) is 4.34. The lowest BCUT2D eigenvalue weighted by molar-refractivity contribution is -0.144. The Hall–Kier alpha value is -1.83. The minimum atomic E-state index is -4.62. The number of hydrogen-bond acceptors (Lipinski definition) is 4. The van der Waals surface area contributed by atoms with Gasteiger partial charge in [-0.15, -0.1) is 0 Å². The summed E-state index contributed by atoms with van der Waals surface area (Å²) in [5.41, 5.74) is 0.802. The first-order valence-electron chi connectivity index (χ1n) is 5.64. The largest absolute Gasteiger partial charge is 0.451 e. The fourth-order valence-corrected chi connectivity index (χ4v) is 1.65. The van der Waals surface area contributed by atoms with Crippen molar-refractivity contribution in [1.82, 2.24) is 15.0 Å². The summed E-state index contributed by atoms with van der Waals surface area (Å²) in [7, 11) is 0. The Labute approximate surface area is 106 Å². The monoisotopic (exact) mass is 274 g/mol. The molecule has 0 radical (unpaired) electrons. The molecule has 3 N–H and O–H groups in total. The van der Waals surface area contributed by atoms with E-state index in [1.54, 1.807) is 13.0 Å². The number of halogens is 3. The van der Waals surface area contributed by atoms with E-state index >= 15 is 0 Å². The van der Waals surface area contributed by atoms with Crippen molar-refractivity contribution in [2.45, 2.75) is 26.1 Å². The van der Waals surface area contributed by atoms with Crippen LogP contribution in [0.15, 0.2) is 6.07 Å². The number of alkyl halides is 3. The molecule has 0 aromatic carbocycles. The topological polar surface area (TPSA) is 73.8 Å². The standard InChI is InChI=1S/C11H13F3N4O/c1-5-3-7-8(15-4-6(2)19)17-10(11(12,13)14)18-9(7)16-5/h3,6,19H,4H2,1-2H3,(H2,15,16,17,18). The van der Waals surface area contributed by atoms with Crippen molar-refractivity contribution in [3.8, 4) is 0 Å². The number of anilines is 1. The number of aromatic nitrogens is 3. The van der Waals surface area contributed by atoms with Crippen LogP contribution in [0, 0.1) is 6.92 Å². The maximum Gasteiger partial charge on any atom is 0.451 e. The minimum absolute atomic E-state index is 0.0579. The van der Waals surface area contributed by atoms with Crippen LogP contribution in [0.4, 0.5) is 19.0 Å². The van der Waals surface area contributed by atoms with Gasteiger partial charge in [0.15, 0.2) is 0 Å². The van der Waals surface area contributed by atoms with Crippen molar-refractivity contribution >= 4 is 16.9 Å². The molecule has 8 heteroatoms. The number of H-pyrrole nitrogens is 1. The van der Waals surface area contributed by atoms with Gasteiger partial charge in [0.1, 0.15) is 11.5 Å². The zero-order chi connectivity index (χ0) is 14.2. The molecule has 0 saturated heterocycles. The quantitative estimate of drug-likeness (QED) is 0.801. The summed E-state index contributed by atoms with van der Waals surface area (Å²) in [6.07, 6.45) is -5.31. The van der Waals surface area contributed by atoms with Gasteiger partial charge in [-0.3, -0.25) is 0 Å². The highest BCUT2D eigenvalue weighted by Gasteiger charge is 2.35. The molecule has 2 rings (SSSR count). The SMILES string of the molecule is Cc1cc2c(NCC(C)O)nc(C(F)(F)F)nc2[nH]1. The van der Waals surface area contributed by atoms with E-state index in [2.05, 4.69) is 20.3 Å². The molecule has 0 aliphatic heterocycles. The van der Waals surface area contributed by atoms with E-state index in [1.807, 2.05) is 0 Å². The Bertz CT molecular complexity index is 591. The number of nitrogens with zero attached hydrogens (tertiary/aromatic N) is 2. The Morgan fingerprint density at radius 2 is 2.11 bits per heavy atom. The lowest BCUT2D eigenvalue weighted by Crippen LogP contribution is -2.18. The maximum absolute atomic E-state index is 12.7. The molecule has 0 spiro atoms. The lowest BCUT2D eigenvalue weighted by Gasteiger charge is -2.11. The molecular weight excluding hydrogens is 261 g/mol. The van der Waals surface area contributed by atoms with Gasteiger partial charge >= 0.3 is 6.18 Å². The predicted octanol–water partition coefficient (Wildman–Crippen LogP) is 2.08. The van der Waals surface area contributed by atoms with Gasteiger partial charge in [-0.2, -0.15) is 13.2 Å². The summed E-state index contributed by atoms with van der Waals surface area (Å²) in [4.78, 5) is 9.69. The molecule has 2 aromatic rings. The van der Waals surface area contributed by atoms with Gasteiger partial charge in [0, 0.05) is 12.2 Å². The third kappa shape index (κ3) is 2.95. The fourth-order valence-electron chi connectivity index (χ4n) is 1.65. The Morgan fingerprint density at radius 3 is 2.68 bits per heavy atom. The van der Waals surface area contributed by atoms with Crippen molar-refractivity contribution in [3.63, 3.8) is 0 Å². The van der Waals surface area contributed by atoms with Crippen molar-refractivity contribution in [2.75, 3.05) is 11.9 Å². The number of aliphatic hydroxyl groups is 1. The number of aryl methyl sites for hydroxylation is 1. The first-order chi connectivity index (χ1) is 8.77. The van der Waals surface area contributed by atoms with Crippen LogP contribution in [0.2, 0.25) is 0 Å². The first kappa shape index (κ1) is 13.6. The van der Waals surface area contributed by atoms with Crippen molar-refractivity contribution < 1.29 is 18.3 Å². The zero-order valence-corrected chi connectivity index (χ0v) is 10.3. The summed E-state index contributed by atoms with van der Waals surface area (Å²) in [6.45, 7) is 3.35. The second-order valence-corrected chi connectivity index (χ2v) is 4.34. The highest BCUT2D eigenvalue weighted by molar-refractivity contribution is 5.87. The van der Waals surface area contributed by atoms with Crippen molar-refractivity contribution in [3.05, 3.63) is 17.6 Å². The number of nitrogens with one attached hydrogen (secondary N) is 2. The first-order valence-corrected chi connectivity index (χ1v) is 5.64. The van der Waals surface area contributed by atoms with E-state index < -0.39 is 18.1 Å². The van der Waals surface area contributed by atoms with Gasteiger partial charge in [0.2, 0.25) is 5.82 Å². The molecule has 0 aliphatic rings. The molecule has 0 fully saturated rings. The smallest absolute Gasteiger partial charge is 0.392 e. The van der Waals surface area contributed by atoms with Crippen LogP contribution in [-0.2, 0) is 6.18 Å². The molecule has 0 amide bonds. The van der Waals surface area contributed by atoms with Gasteiger partial charge in [-0.1, -0.05) is 0 Å². The Kier molecular flexibility index (Phi) is 3.36. The molecule has 1 unspecified atom stereocenters. The molecule has 0 bridgehead atoms.